The van der Waals surface area contributed by atoms with Gasteiger partial charge in [0.2, 0.25) is 5.91 Å². The predicted molar refractivity (Wildman–Crippen MR) is 98.5 cm³/mol. The number of benzene rings is 1. The van der Waals surface area contributed by atoms with Crippen molar-refractivity contribution in [2.45, 2.75) is 61.8 Å². The number of carbonyl (C=O) groups is 1. The number of rotatable bonds is 5. The average molecular weight is 378 g/mol. The first kappa shape index (κ1) is 17.8. The molecule has 0 aromatic heterocycles. The molecule has 4 aliphatic carbocycles. The maximum absolute atomic E-state index is 12.9. The first-order chi connectivity index (χ1) is 12.3. The zero-order valence-electron chi connectivity index (χ0n) is 15.3. The van der Waals surface area contributed by atoms with E-state index in [1.54, 1.807) is 0 Å². The Balaban J connectivity index is 1.47. The van der Waals surface area contributed by atoms with Crippen LogP contribution in [0.1, 0.15) is 51.4 Å². The Labute approximate surface area is 155 Å². The van der Waals surface area contributed by atoms with Gasteiger partial charge in [-0.1, -0.05) is 0 Å². The molecule has 0 radical (unpaired) electrons. The SMILES string of the molecule is CN(C(=O)C1CC1)C12CCC(CS(=O)(=O)c3ccc(O)cc3)(CC1)CC2. The number of hydrogen-bond donors (Lipinski definition) is 1. The molecule has 1 aromatic carbocycles. The molecular weight excluding hydrogens is 350 g/mol. The van der Waals surface area contributed by atoms with Crippen LogP contribution in [0.2, 0.25) is 0 Å². The Morgan fingerprint density at radius 1 is 1.08 bits per heavy atom. The highest BCUT2D eigenvalue weighted by atomic mass is 32.2. The summed E-state index contributed by atoms with van der Waals surface area (Å²) in [5.74, 6) is 0.765. The maximum Gasteiger partial charge on any atom is 0.225 e. The summed E-state index contributed by atoms with van der Waals surface area (Å²) in [7, 11) is -1.42. The van der Waals surface area contributed by atoms with Crippen molar-refractivity contribution in [3.8, 4) is 5.75 Å². The summed E-state index contributed by atoms with van der Waals surface area (Å²) in [6.45, 7) is 0. The minimum Gasteiger partial charge on any atom is -0.508 e. The molecule has 1 amide bonds. The molecule has 26 heavy (non-hydrogen) atoms. The molecular formula is C20H27NO4S. The van der Waals surface area contributed by atoms with Gasteiger partial charge in [-0.05, 0) is 81.0 Å². The second-order valence-corrected chi connectivity index (χ2v) is 10.6. The van der Waals surface area contributed by atoms with Crippen LogP contribution in [0.4, 0.5) is 0 Å². The van der Waals surface area contributed by atoms with Crippen molar-refractivity contribution in [1.29, 1.82) is 0 Å². The Bertz CT molecular complexity index is 786. The summed E-state index contributed by atoms with van der Waals surface area (Å²) in [6.07, 6.45) is 7.38. The molecule has 2 bridgehead atoms. The van der Waals surface area contributed by atoms with Gasteiger partial charge in [-0.25, -0.2) is 8.42 Å². The number of fused-ring (bicyclic) bond motifs is 3. The fourth-order valence-corrected chi connectivity index (χ4v) is 6.90. The van der Waals surface area contributed by atoms with Crippen LogP contribution in [0, 0.1) is 11.3 Å². The van der Waals surface area contributed by atoms with Crippen LogP contribution >= 0.6 is 0 Å². The molecule has 0 spiro atoms. The van der Waals surface area contributed by atoms with Gasteiger partial charge in [-0.15, -0.1) is 0 Å². The summed E-state index contributed by atoms with van der Waals surface area (Å²) in [5, 5.41) is 9.39. The van der Waals surface area contributed by atoms with Gasteiger partial charge >= 0.3 is 0 Å². The highest BCUT2D eigenvalue weighted by Crippen LogP contribution is 2.55. The smallest absolute Gasteiger partial charge is 0.225 e. The molecule has 142 valence electrons. The normalized spacial score (nSPS) is 31.0. The van der Waals surface area contributed by atoms with Gasteiger partial charge in [0.1, 0.15) is 5.75 Å². The first-order valence-electron chi connectivity index (χ1n) is 9.55. The largest absolute Gasteiger partial charge is 0.508 e. The van der Waals surface area contributed by atoms with Crippen molar-refractivity contribution in [2.24, 2.45) is 11.3 Å². The van der Waals surface area contributed by atoms with Gasteiger partial charge in [0.15, 0.2) is 9.84 Å². The third-order valence-electron chi connectivity index (χ3n) is 7.02. The number of aromatic hydroxyl groups is 1. The number of phenolic OH excluding ortho intramolecular Hbond substituents is 1. The number of carbonyl (C=O) groups excluding carboxylic acids is 1. The molecule has 4 aliphatic rings. The van der Waals surface area contributed by atoms with Crippen LogP contribution in [-0.2, 0) is 14.6 Å². The predicted octanol–water partition coefficient (Wildman–Crippen LogP) is 3.13. The molecule has 1 N–H and O–H groups in total. The van der Waals surface area contributed by atoms with Crippen LogP contribution in [0.5, 0.6) is 5.75 Å². The van der Waals surface area contributed by atoms with E-state index in [1.165, 1.54) is 24.3 Å². The van der Waals surface area contributed by atoms with Gasteiger partial charge in [-0.2, -0.15) is 0 Å². The first-order valence-corrected chi connectivity index (χ1v) is 11.2. The topological polar surface area (TPSA) is 74.7 Å². The molecule has 4 saturated carbocycles. The molecule has 0 saturated heterocycles. The zero-order chi connectivity index (χ0) is 18.6. The Hall–Kier alpha value is -1.56. The van der Waals surface area contributed by atoms with Gasteiger partial charge in [0, 0.05) is 18.5 Å². The van der Waals surface area contributed by atoms with E-state index in [2.05, 4.69) is 0 Å². The van der Waals surface area contributed by atoms with E-state index in [0.717, 1.165) is 51.4 Å². The molecule has 0 unspecified atom stereocenters. The molecule has 6 heteroatoms. The van der Waals surface area contributed by atoms with E-state index in [-0.39, 0.29) is 39.2 Å². The fourth-order valence-electron chi connectivity index (χ4n) is 4.94. The average Bonchev–Trinajstić information content (AvgIpc) is 3.47. The third-order valence-corrected chi connectivity index (χ3v) is 9.01. The summed E-state index contributed by atoms with van der Waals surface area (Å²) >= 11 is 0. The standard InChI is InChI=1S/C20H27NO4S/c1-21(18(23)15-2-3-15)20-11-8-19(9-12-20,10-13-20)14-26(24,25)17-6-4-16(22)5-7-17/h4-7,15,22H,2-3,8-14H2,1H3. The van der Waals surface area contributed by atoms with E-state index in [9.17, 15) is 18.3 Å². The minimum atomic E-state index is -3.37. The van der Waals surface area contributed by atoms with Crippen LogP contribution < -0.4 is 0 Å². The number of hydrogen-bond acceptors (Lipinski definition) is 4. The minimum absolute atomic E-state index is 0.0519. The summed E-state index contributed by atoms with van der Waals surface area (Å²) in [5.41, 5.74) is -0.217. The lowest BCUT2D eigenvalue weighted by Crippen LogP contribution is -2.58. The van der Waals surface area contributed by atoms with E-state index in [1.807, 2.05) is 11.9 Å². The lowest BCUT2D eigenvalue weighted by atomic mass is 9.57. The summed E-state index contributed by atoms with van der Waals surface area (Å²) in [4.78, 5) is 14.8. The molecule has 5 nitrogen and oxygen atoms in total. The van der Waals surface area contributed by atoms with E-state index >= 15 is 0 Å². The molecule has 5 rings (SSSR count). The highest BCUT2D eigenvalue weighted by Gasteiger charge is 2.53. The number of phenols is 1. The number of sulfone groups is 1. The quantitative estimate of drug-likeness (QED) is 0.855. The molecule has 0 heterocycles. The lowest BCUT2D eigenvalue weighted by Gasteiger charge is -2.56. The Morgan fingerprint density at radius 2 is 1.62 bits per heavy atom. The molecule has 0 aliphatic heterocycles. The second-order valence-electron chi connectivity index (χ2n) is 8.65. The van der Waals surface area contributed by atoms with Crippen molar-refractivity contribution >= 4 is 15.7 Å². The summed E-state index contributed by atoms with van der Waals surface area (Å²) < 4.78 is 25.7. The van der Waals surface area contributed by atoms with Gasteiger partial charge in [0.05, 0.1) is 10.6 Å². The molecule has 0 atom stereocenters. The lowest BCUT2D eigenvalue weighted by molar-refractivity contribution is -0.143. The van der Waals surface area contributed by atoms with Crippen LogP contribution in [0.25, 0.3) is 0 Å². The van der Waals surface area contributed by atoms with Crippen molar-refractivity contribution in [3.05, 3.63) is 24.3 Å². The highest BCUT2D eigenvalue weighted by molar-refractivity contribution is 7.91. The Kier molecular flexibility index (Phi) is 4.10. The van der Waals surface area contributed by atoms with E-state index in [4.69, 9.17) is 0 Å². The van der Waals surface area contributed by atoms with Crippen LogP contribution in [0.3, 0.4) is 0 Å². The number of amides is 1. The van der Waals surface area contributed by atoms with E-state index < -0.39 is 9.84 Å². The van der Waals surface area contributed by atoms with Crippen molar-refractivity contribution in [1.82, 2.24) is 4.90 Å². The molecule has 4 fully saturated rings. The van der Waals surface area contributed by atoms with Crippen LogP contribution in [0.15, 0.2) is 29.2 Å². The maximum atomic E-state index is 12.9. The fraction of sp³-hybridized carbons (Fsp3) is 0.650. The van der Waals surface area contributed by atoms with Crippen molar-refractivity contribution in [3.63, 3.8) is 0 Å². The summed E-state index contributed by atoms with van der Waals surface area (Å²) in [6, 6.07) is 5.82. The van der Waals surface area contributed by atoms with E-state index in [0.29, 0.717) is 0 Å². The van der Waals surface area contributed by atoms with Crippen molar-refractivity contribution in [2.75, 3.05) is 12.8 Å². The third kappa shape index (κ3) is 3.02. The molecule has 1 aromatic rings. The van der Waals surface area contributed by atoms with Gasteiger partial charge in [-0.3, -0.25) is 4.79 Å². The van der Waals surface area contributed by atoms with Crippen LogP contribution in [-0.4, -0.2) is 42.7 Å². The Morgan fingerprint density at radius 3 is 2.12 bits per heavy atom. The second kappa shape index (κ2) is 5.98. The van der Waals surface area contributed by atoms with Gasteiger partial charge < -0.3 is 10.0 Å². The van der Waals surface area contributed by atoms with Gasteiger partial charge in [0.25, 0.3) is 0 Å². The monoisotopic (exact) mass is 377 g/mol. The zero-order valence-corrected chi connectivity index (χ0v) is 16.1. The van der Waals surface area contributed by atoms with Crippen molar-refractivity contribution < 1.29 is 18.3 Å². The number of nitrogens with zero attached hydrogens (tertiary/aromatic N) is 1.